The number of allylic oxidation sites excluding steroid dienone is 4. The summed E-state index contributed by atoms with van der Waals surface area (Å²) >= 11 is 0. The van der Waals surface area contributed by atoms with Crippen LogP contribution in [0, 0.1) is 0 Å². The smallest absolute Gasteiger partial charge is 0.0682 e. The molecule has 0 amide bonds. The molecule has 3 aliphatic rings. The molecular weight excluding hydrogens is 492 g/mol. The lowest BCUT2D eigenvalue weighted by Crippen LogP contribution is -2.41. The molecule has 3 aliphatic carbocycles. The summed E-state index contributed by atoms with van der Waals surface area (Å²) in [6.07, 6.45) is 7.96. The molecule has 1 unspecified atom stereocenters. The molecule has 5 aromatic carbocycles. The predicted octanol–water partition coefficient (Wildman–Crippen LogP) is 10.2. The van der Waals surface area contributed by atoms with Crippen molar-refractivity contribution in [3.05, 3.63) is 178 Å². The molecule has 0 radical (unpaired) electrons. The van der Waals surface area contributed by atoms with Crippen LogP contribution in [0.15, 0.2) is 145 Å². The van der Waals surface area contributed by atoms with Crippen molar-refractivity contribution >= 4 is 0 Å². The van der Waals surface area contributed by atoms with Crippen LogP contribution in [0.25, 0.3) is 22.3 Å². The van der Waals surface area contributed by atoms with Crippen LogP contribution in [0.4, 0.5) is 0 Å². The van der Waals surface area contributed by atoms with Crippen molar-refractivity contribution in [2.24, 2.45) is 0 Å². The van der Waals surface area contributed by atoms with Gasteiger partial charge < -0.3 is 0 Å². The Hall–Kier alpha value is -4.42. The van der Waals surface area contributed by atoms with Gasteiger partial charge in [-0.25, -0.2) is 0 Å². The van der Waals surface area contributed by atoms with E-state index < -0.39 is 0 Å². The zero-order chi connectivity index (χ0) is 27.6. The van der Waals surface area contributed by atoms with Crippen LogP contribution in [0.3, 0.4) is 0 Å². The van der Waals surface area contributed by atoms with E-state index in [9.17, 15) is 0 Å². The van der Waals surface area contributed by atoms with Crippen molar-refractivity contribution in [3.8, 4) is 22.3 Å². The molecule has 0 heterocycles. The van der Waals surface area contributed by atoms with Crippen molar-refractivity contribution in [2.75, 3.05) is 0 Å². The Balaban J connectivity index is 1.28. The molecule has 1 spiro atoms. The molecule has 0 nitrogen and oxygen atoms in total. The average Bonchev–Trinajstić information content (AvgIpc) is 3.31. The zero-order valence-corrected chi connectivity index (χ0v) is 23.8. The van der Waals surface area contributed by atoms with Crippen LogP contribution < -0.4 is 0 Å². The second-order valence-electron chi connectivity index (χ2n) is 12.4. The van der Waals surface area contributed by atoms with Gasteiger partial charge in [-0.2, -0.15) is 0 Å². The van der Waals surface area contributed by atoms with Gasteiger partial charge in [-0.15, -0.1) is 0 Å². The van der Waals surface area contributed by atoms with E-state index in [-0.39, 0.29) is 10.8 Å². The number of benzene rings is 5. The van der Waals surface area contributed by atoms with Gasteiger partial charge in [0.25, 0.3) is 0 Å². The molecule has 0 fully saturated rings. The number of hydrogen-bond donors (Lipinski definition) is 0. The standard InChI is InChI=1S/C41H34/c1-40(2)36-16-8-10-18-38(36)41(39-19-11-9-17-37(39)40)34-15-7-6-14-32(34)33-27-29(22-25-35(33)41)26-28-20-23-31(24-21-28)30-12-4-3-5-13-30/h3-10,12-18,20-25,27H,11,19,26H2,1-2H3. The molecule has 0 saturated carbocycles. The van der Waals surface area contributed by atoms with Crippen LogP contribution in [-0.2, 0) is 17.3 Å². The summed E-state index contributed by atoms with van der Waals surface area (Å²) < 4.78 is 0. The largest absolute Gasteiger partial charge is 0.0839 e. The minimum Gasteiger partial charge on any atom is -0.0839 e. The van der Waals surface area contributed by atoms with Crippen molar-refractivity contribution < 1.29 is 0 Å². The zero-order valence-electron chi connectivity index (χ0n) is 23.8. The average molecular weight is 527 g/mol. The van der Waals surface area contributed by atoms with E-state index in [4.69, 9.17) is 0 Å². The van der Waals surface area contributed by atoms with E-state index in [0.717, 1.165) is 19.3 Å². The fourth-order valence-corrected chi connectivity index (χ4v) is 8.04. The van der Waals surface area contributed by atoms with E-state index in [0.29, 0.717) is 0 Å². The Morgan fingerprint density at radius 3 is 2.00 bits per heavy atom. The maximum atomic E-state index is 2.48. The maximum Gasteiger partial charge on any atom is 0.0682 e. The van der Waals surface area contributed by atoms with Crippen molar-refractivity contribution in [3.63, 3.8) is 0 Å². The molecule has 0 heteroatoms. The van der Waals surface area contributed by atoms with Gasteiger partial charge in [-0.1, -0.05) is 147 Å². The molecule has 0 aliphatic heterocycles. The summed E-state index contributed by atoms with van der Waals surface area (Å²) in [6.45, 7) is 4.83. The first-order valence-electron chi connectivity index (χ1n) is 15.0. The van der Waals surface area contributed by atoms with E-state index in [2.05, 4.69) is 147 Å². The highest BCUT2D eigenvalue weighted by molar-refractivity contribution is 5.88. The topological polar surface area (TPSA) is 0 Å². The molecule has 1 atom stereocenters. The minimum absolute atomic E-state index is 0.0162. The highest BCUT2D eigenvalue weighted by Crippen LogP contribution is 2.63. The molecular formula is C41H34. The summed E-state index contributed by atoms with van der Waals surface area (Å²) in [5, 5.41) is 0. The van der Waals surface area contributed by atoms with Gasteiger partial charge in [-0.05, 0) is 86.0 Å². The Morgan fingerprint density at radius 2 is 1.20 bits per heavy atom. The van der Waals surface area contributed by atoms with Gasteiger partial charge in [0.1, 0.15) is 0 Å². The van der Waals surface area contributed by atoms with Gasteiger partial charge in [-0.3, -0.25) is 0 Å². The SMILES string of the molecule is CC1(C)C2=C(CCC=C2)C2(c3ccccc3-c3cc(Cc4ccc(-c5ccccc5)cc4)ccc32)c2ccccc21. The molecule has 0 bridgehead atoms. The summed E-state index contributed by atoms with van der Waals surface area (Å²) in [7, 11) is 0. The highest BCUT2D eigenvalue weighted by atomic mass is 14.6. The van der Waals surface area contributed by atoms with E-state index in [1.54, 1.807) is 5.57 Å². The second-order valence-corrected chi connectivity index (χ2v) is 12.4. The lowest BCUT2D eigenvalue weighted by molar-refractivity contribution is 0.536. The maximum absolute atomic E-state index is 2.48. The van der Waals surface area contributed by atoms with Crippen LogP contribution in [0.1, 0.15) is 60.1 Å². The number of rotatable bonds is 3. The van der Waals surface area contributed by atoms with Crippen molar-refractivity contribution in [1.82, 2.24) is 0 Å². The fourth-order valence-electron chi connectivity index (χ4n) is 8.04. The summed E-state index contributed by atoms with van der Waals surface area (Å²) in [6, 6.07) is 45.5. The Labute approximate surface area is 243 Å². The minimum atomic E-state index is -0.228. The molecule has 198 valence electrons. The first-order valence-corrected chi connectivity index (χ1v) is 15.0. The third kappa shape index (κ3) is 3.47. The van der Waals surface area contributed by atoms with Crippen LogP contribution >= 0.6 is 0 Å². The fraction of sp³-hybridized carbons (Fsp3) is 0.171. The van der Waals surface area contributed by atoms with Gasteiger partial charge in [0.2, 0.25) is 0 Å². The third-order valence-corrected chi connectivity index (χ3v) is 9.88. The summed E-state index contributed by atoms with van der Waals surface area (Å²) in [5.41, 5.74) is 16.7. The van der Waals surface area contributed by atoms with Gasteiger partial charge in [0, 0.05) is 5.41 Å². The Bertz CT molecular complexity index is 1860. The van der Waals surface area contributed by atoms with Crippen molar-refractivity contribution in [1.29, 1.82) is 0 Å². The van der Waals surface area contributed by atoms with Gasteiger partial charge in [0.05, 0.1) is 5.41 Å². The van der Waals surface area contributed by atoms with Crippen LogP contribution in [-0.4, -0.2) is 0 Å². The molecule has 8 rings (SSSR count). The lowest BCUT2D eigenvalue weighted by Gasteiger charge is -2.48. The third-order valence-electron chi connectivity index (χ3n) is 9.88. The quantitative estimate of drug-likeness (QED) is 0.219. The van der Waals surface area contributed by atoms with Gasteiger partial charge in [0.15, 0.2) is 0 Å². The highest BCUT2D eigenvalue weighted by Gasteiger charge is 2.53. The molecule has 0 N–H and O–H groups in total. The Kier molecular flexibility index (Phi) is 5.38. The first kappa shape index (κ1) is 24.4. The van der Waals surface area contributed by atoms with E-state index in [1.165, 1.54) is 61.2 Å². The summed E-state index contributed by atoms with van der Waals surface area (Å²) in [4.78, 5) is 0. The van der Waals surface area contributed by atoms with E-state index in [1.807, 2.05) is 0 Å². The normalized spacial score (nSPS) is 19.5. The van der Waals surface area contributed by atoms with Gasteiger partial charge >= 0.3 is 0 Å². The monoisotopic (exact) mass is 526 g/mol. The second kappa shape index (κ2) is 9.05. The number of hydrogen-bond acceptors (Lipinski definition) is 0. The van der Waals surface area contributed by atoms with E-state index >= 15 is 0 Å². The molecule has 0 saturated heterocycles. The molecule has 41 heavy (non-hydrogen) atoms. The predicted molar refractivity (Wildman–Crippen MR) is 171 cm³/mol. The Morgan fingerprint density at radius 1 is 0.561 bits per heavy atom. The lowest BCUT2D eigenvalue weighted by atomic mass is 9.54. The number of fused-ring (bicyclic) bond motifs is 8. The molecule has 0 aromatic heterocycles. The van der Waals surface area contributed by atoms with Crippen LogP contribution in [0.2, 0.25) is 0 Å². The van der Waals surface area contributed by atoms with Crippen molar-refractivity contribution in [2.45, 2.75) is 43.9 Å². The van der Waals surface area contributed by atoms with Crippen LogP contribution in [0.5, 0.6) is 0 Å². The first-order chi connectivity index (χ1) is 20.1. The molecule has 5 aromatic rings. The summed E-state index contributed by atoms with van der Waals surface area (Å²) in [5.74, 6) is 0.